The molecule has 0 atom stereocenters. The van der Waals surface area contributed by atoms with Crippen LogP contribution in [-0.4, -0.2) is 22.4 Å². The quantitative estimate of drug-likeness (QED) is 0.804. The molecule has 6 heteroatoms. The van der Waals surface area contributed by atoms with Crippen LogP contribution in [0, 0.1) is 13.8 Å². The van der Waals surface area contributed by atoms with Gasteiger partial charge >= 0.3 is 5.51 Å². The van der Waals surface area contributed by atoms with E-state index >= 15 is 0 Å². The van der Waals surface area contributed by atoms with E-state index in [-0.39, 0.29) is 17.5 Å². The molecule has 0 radical (unpaired) electrons. The lowest BCUT2D eigenvalue weighted by molar-refractivity contribution is -0.0327. The van der Waals surface area contributed by atoms with E-state index in [0.29, 0.717) is 13.1 Å². The maximum Gasteiger partial charge on any atom is 0.441 e. The summed E-state index contributed by atoms with van der Waals surface area (Å²) in [7, 11) is 0. The van der Waals surface area contributed by atoms with Crippen molar-refractivity contribution in [3.8, 4) is 0 Å². The molecule has 0 unspecified atom stereocenters. The van der Waals surface area contributed by atoms with Gasteiger partial charge in [0.1, 0.15) is 0 Å². The first-order valence-electron chi connectivity index (χ1n) is 5.92. The first-order valence-corrected chi connectivity index (χ1v) is 6.90. The number of aromatic nitrogens is 1. The molecule has 0 spiro atoms. The molecule has 2 nitrogen and oxygen atoms in total. The Morgan fingerprint density at radius 1 is 1.33 bits per heavy atom. The summed E-state index contributed by atoms with van der Waals surface area (Å²) in [5, 5.41) is 3.05. The fraction of sp³-hybridized carbons (Fsp3) is 0.667. The van der Waals surface area contributed by atoms with Crippen LogP contribution in [-0.2, 0) is 13.1 Å². The van der Waals surface area contributed by atoms with Crippen molar-refractivity contribution in [1.82, 2.24) is 9.88 Å². The highest BCUT2D eigenvalue weighted by atomic mass is 32.2. The van der Waals surface area contributed by atoms with E-state index in [9.17, 15) is 13.2 Å². The van der Waals surface area contributed by atoms with Crippen molar-refractivity contribution >= 4 is 11.8 Å². The predicted molar refractivity (Wildman–Crippen MR) is 69.8 cm³/mol. The monoisotopic (exact) mass is 280 g/mol. The van der Waals surface area contributed by atoms with Gasteiger partial charge < -0.3 is 9.88 Å². The van der Waals surface area contributed by atoms with E-state index in [1.54, 1.807) is 0 Å². The Kier molecular flexibility index (Phi) is 5.59. The van der Waals surface area contributed by atoms with E-state index in [4.69, 9.17) is 0 Å². The fourth-order valence-electron chi connectivity index (χ4n) is 2.00. The first kappa shape index (κ1) is 15.4. The number of hydrogen-bond donors (Lipinski definition) is 1. The second-order valence-electron chi connectivity index (χ2n) is 4.11. The van der Waals surface area contributed by atoms with Gasteiger partial charge in [-0.15, -0.1) is 0 Å². The normalized spacial score (nSPS) is 12.1. The van der Waals surface area contributed by atoms with Crippen LogP contribution in [0.4, 0.5) is 13.2 Å². The van der Waals surface area contributed by atoms with Crippen LogP contribution in [0.2, 0.25) is 0 Å². The molecule has 18 heavy (non-hydrogen) atoms. The number of nitrogens with one attached hydrogen (secondary N) is 1. The van der Waals surface area contributed by atoms with Crippen molar-refractivity contribution in [2.24, 2.45) is 0 Å². The third kappa shape index (κ3) is 4.57. The molecule has 0 aliphatic carbocycles. The largest absolute Gasteiger partial charge is 0.441 e. The van der Waals surface area contributed by atoms with Crippen LogP contribution in [0.1, 0.15) is 23.9 Å². The summed E-state index contributed by atoms with van der Waals surface area (Å²) in [4.78, 5) is 0. The van der Waals surface area contributed by atoms with E-state index in [1.807, 2.05) is 13.8 Å². The zero-order chi connectivity index (χ0) is 13.8. The predicted octanol–water partition coefficient (Wildman–Crippen LogP) is 3.47. The molecule has 0 aromatic carbocycles. The maximum atomic E-state index is 11.9. The molecule has 0 aliphatic rings. The molecule has 104 valence electrons. The molecule has 0 amide bonds. The number of nitrogens with zero attached hydrogens (tertiary/aromatic N) is 1. The van der Waals surface area contributed by atoms with Gasteiger partial charge in [-0.05, 0) is 44.2 Å². The second kappa shape index (κ2) is 6.52. The summed E-state index contributed by atoms with van der Waals surface area (Å²) in [5.41, 5.74) is -0.589. The fourth-order valence-corrected chi connectivity index (χ4v) is 2.48. The van der Waals surface area contributed by atoms with Crippen molar-refractivity contribution in [3.05, 3.63) is 23.0 Å². The Balaban J connectivity index is 2.36. The third-order valence-electron chi connectivity index (χ3n) is 2.85. The first-order chi connectivity index (χ1) is 8.35. The van der Waals surface area contributed by atoms with Crippen molar-refractivity contribution in [2.75, 3.05) is 12.3 Å². The van der Waals surface area contributed by atoms with Crippen LogP contribution >= 0.6 is 11.8 Å². The Morgan fingerprint density at radius 3 is 2.50 bits per heavy atom. The average Bonchev–Trinajstić information content (AvgIpc) is 2.52. The van der Waals surface area contributed by atoms with Crippen molar-refractivity contribution in [2.45, 2.75) is 39.4 Å². The lowest BCUT2D eigenvalue weighted by atomic mass is 10.2. The molecule has 1 heterocycles. The van der Waals surface area contributed by atoms with E-state index < -0.39 is 5.51 Å². The SMILES string of the molecule is CCn1c(C)cc(CNCCSC(F)(F)F)c1C. The lowest BCUT2D eigenvalue weighted by Crippen LogP contribution is -2.18. The highest BCUT2D eigenvalue weighted by molar-refractivity contribution is 8.00. The Morgan fingerprint density at radius 2 is 2.00 bits per heavy atom. The average molecular weight is 280 g/mol. The van der Waals surface area contributed by atoms with Crippen LogP contribution in [0.25, 0.3) is 0 Å². The van der Waals surface area contributed by atoms with Gasteiger partial charge in [0.05, 0.1) is 0 Å². The number of aryl methyl sites for hydroxylation is 1. The van der Waals surface area contributed by atoms with Gasteiger partial charge in [0.25, 0.3) is 0 Å². The van der Waals surface area contributed by atoms with Crippen LogP contribution in [0.3, 0.4) is 0 Å². The van der Waals surface area contributed by atoms with E-state index in [0.717, 1.165) is 12.1 Å². The van der Waals surface area contributed by atoms with Crippen LogP contribution < -0.4 is 5.32 Å². The number of halogens is 3. The number of rotatable bonds is 6. The molecule has 1 rings (SSSR count). The highest BCUT2D eigenvalue weighted by Gasteiger charge is 2.27. The minimum atomic E-state index is -4.13. The second-order valence-corrected chi connectivity index (χ2v) is 5.27. The van der Waals surface area contributed by atoms with Gasteiger partial charge in [-0.25, -0.2) is 0 Å². The summed E-state index contributed by atoms with van der Waals surface area (Å²) in [6.07, 6.45) is 0. The molecule has 0 fully saturated rings. The number of thioether (sulfide) groups is 1. The molecule has 0 saturated heterocycles. The van der Waals surface area contributed by atoms with Gasteiger partial charge in [-0.2, -0.15) is 13.2 Å². The molecule has 1 N–H and O–H groups in total. The summed E-state index contributed by atoms with van der Waals surface area (Å²) in [6, 6.07) is 2.09. The highest BCUT2D eigenvalue weighted by Crippen LogP contribution is 2.29. The smallest absolute Gasteiger partial charge is 0.349 e. The number of hydrogen-bond acceptors (Lipinski definition) is 2. The Labute approximate surface area is 110 Å². The molecule has 0 aliphatic heterocycles. The van der Waals surface area contributed by atoms with Crippen molar-refractivity contribution < 1.29 is 13.2 Å². The van der Waals surface area contributed by atoms with Gasteiger partial charge in [-0.1, -0.05) is 0 Å². The van der Waals surface area contributed by atoms with Gasteiger partial charge in [-0.3, -0.25) is 0 Å². The molecular formula is C12H19F3N2S. The van der Waals surface area contributed by atoms with Crippen molar-refractivity contribution in [3.63, 3.8) is 0 Å². The van der Waals surface area contributed by atoms with E-state index in [2.05, 4.69) is 22.9 Å². The zero-order valence-corrected chi connectivity index (χ0v) is 11.7. The standard InChI is InChI=1S/C12H19F3N2S/c1-4-17-9(2)7-11(10(17)3)8-16-5-6-18-12(13,14)15/h7,16H,4-6,8H2,1-3H3. The Bertz CT molecular complexity index is 385. The summed E-state index contributed by atoms with van der Waals surface area (Å²) < 4.78 is 37.9. The minimum absolute atomic E-state index is 0.0181. The molecule has 0 bridgehead atoms. The third-order valence-corrected chi connectivity index (χ3v) is 3.59. The molecule has 1 aromatic heterocycles. The Hall–Kier alpha value is -0.620. The number of alkyl halides is 3. The summed E-state index contributed by atoms with van der Waals surface area (Å²) >= 11 is 0.0181. The van der Waals surface area contributed by atoms with Gasteiger partial charge in [0.15, 0.2) is 0 Å². The van der Waals surface area contributed by atoms with Crippen molar-refractivity contribution in [1.29, 1.82) is 0 Å². The van der Waals surface area contributed by atoms with E-state index in [1.165, 1.54) is 11.4 Å². The zero-order valence-electron chi connectivity index (χ0n) is 10.9. The topological polar surface area (TPSA) is 17.0 Å². The summed E-state index contributed by atoms with van der Waals surface area (Å²) in [5.74, 6) is 0.0516. The minimum Gasteiger partial charge on any atom is -0.349 e. The van der Waals surface area contributed by atoms with Crippen LogP contribution in [0.5, 0.6) is 0 Å². The molecular weight excluding hydrogens is 261 g/mol. The van der Waals surface area contributed by atoms with Gasteiger partial charge in [0.2, 0.25) is 0 Å². The molecule has 1 aromatic rings. The van der Waals surface area contributed by atoms with Crippen LogP contribution in [0.15, 0.2) is 6.07 Å². The summed E-state index contributed by atoms with van der Waals surface area (Å²) in [6.45, 7) is 8.06. The van der Waals surface area contributed by atoms with Gasteiger partial charge in [0, 0.05) is 36.8 Å². The maximum absolute atomic E-state index is 11.9. The lowest BCUT2D eigenvalue weighted by Gasteiger charge is -2.08. The molecule has 0 saturated carbocycles.